The van der Waals surface area contributed by atoms with Crippen LogP contribution in [0.4, 0.5) is 0 Å². The molecule has 0 bridgehead atoms. The Balaban J connectivity index is 1.62. The standard InChI is InChI=1S/C28H25O/c1-4-11-21(12-5-1)24-17-10-18-25-26(22-13-6-2-7-14-22)20-27(29-28(25)19-24)23-15-8-3-9-16-23/h1-9,11-16,19-20,25,27H,10,17-18H2/q+1. The van der Waals surface area contributed by atoms with E-state index >= 15 is 0 Å². The van der Waals surface area contributed by atoms with Gasteiger partial charge in [-0.3, -0.25) is 0 Å². The molecule has 1 aliphatic heterocycles. The van der Waals surface area contributed by atoms with Crippen LogP contribution >= 0.6 is 0 Å². The Morgan fingerprint density at radius 2 is 1.31 bits per heavy atom. The van der Waals surface area contributed by atoms with E-state index in [9.17, 15) is 0 Å². The molecular weight excluding hydrogens is 352 g/mol. The van der Waals surface area contributed by atoms with Crippen LogP contribution in [0, 0.1) is 5.92 Å². The molecule has 2 aliphatic rings. The molecule has 142 valence electrons. The highest BCUT2D eigenvalue weighted by molar-refractivity contribution is 6.06. The summed E-state index contributed by atoms with van der Waals surface area (Å²) in [4.78, 5) is 0. The summed E-state index contributed by atoms with van der Waals surface area (Å²) < 4.78 is 6.62. The highest BCUT2D eigenvalue weighted by Gasteiger charge is 2.38. The molecule has 0 aromatic heterocycles. The molecule has 1 heterocycles. The SMILES string of the molecule is C1=C(c2ccccc2)CCCC2C(c3ccccc3)=CC(c3ccccc3)[O+]=C12. The zero-order chi connectivity index (χ0) is 19.5. The van der Waals surface area contributed by atoms with Crippen LogP contribution in [0.2, 0.25) is 0 Å². The first kappa shape index (κ1) is 17.9. The van der Waals surface area contributed by atoms with Crippen LogP contribution in [0.15, 0.2) is 103 Å². The third kappa shape index (κ3) is 3.73. The number of carbonyl (C=O) groups excluding carboxylic acids is 1. The molecule has 0 amide bonds. The maximum Gasteiger partial charge on any atom is 0.328 e. The minimum absolute atomic E-state index is 0.0518. The molecule has 0 saturated carbocycles. The van der Waals surface area contributed by atoms with Crippen LogP contribution in [0.5, 0.6) is 0 Å². The zero-order valence-corrected chi connectivity index (χ0v) is 16.5. The Morgan fingerprint density at radius 3 is 2.00 bits per heavy atom. The lowest BCUT2D eigenvalue weighted by atomic mass is 9.83. The van der Waals surface area contributed by atoms with Crippen molar-refractivity contribution in [3.63, 3.8) is 0 Å². The topological polar surface area (TPSA) is 11.3 Å². The molecule has 3 aromatic carbocycles. The molecule has 1 heteroatoms. The second kappa shape index (κ2) is 8.05. The third-order valence-corrected chi connectivity index (χ3v) is 5.95. The lowest BCUT2D eigenvalue weighted by molar-refractivity contribution is -0.498. The molecule has 1 aliphatic carbocycles. The van der Waals surface area contributed by atoms with Crippen molar-refractivity contribution in [2.45, 2.75) is 25.4 Å². The van der Waals surface area contributed by atoms with Gasteiger partial charge in [-0.15, -0.1) is 0 Å². The van der Waals surface area contributed by atoms with Gasteiger partial charge in [-0.25, -0.2) is 4.42 Å². The number of rotatable bonds is 3. The first-order chi connectivity index (χ1) is 14.4. The summed E-state index contributed by atoms with van der Waals surface area (Å²) in [5.41, 5.74) is 6.58. The summed E-state index contributed by atoms with van der Waals surface area (Å²) in [6.07, 6.45) is 7.97. The van der Waals surface area contributed by atoms with Crippen molar-refractivity contribution in [3.05, 3.63) is 120 Å². The molecule has 29 heavy (non-hydrogen) atoms. The molecule has 3 aromatic rings. The van der Waals surface area contributed by atoms with E-state index in [0.29, 0.717) is 5.92 Å². The largest absolute Gasteiger partial charge is 0.328 e. The van der Waals surface area contributed by atoms with E-state index < -0.39 is 0 Å². The maximum absolute atomic E-state index is 6.62. The maximum atomic E-state index is 6.62. The van der Waals surface area contributed by atoms with Crippen LogP contribution in [-0.4, -0.2) is 5.78 Å². The second-order valence-corrected chi connectivity index (χ2v) is 7.82. The molecule has 0 N–H and O–H groups in total. The van der Waals surface area contributed by atoms with E-state index in [0.717, 1.165) is 18.6 Å². The van der Waals surface area contributed by atoms with E-state index in [1.165, 1.54) is 34.3 Å². The smallest absolute Gasteiger partial charge is 0.246 e. The zero-order valence-electron chi connectivity index (χ0n) is 16.5. The molecule has 0 radical (unpaired) electrons. The van der Waals surface area contributed by atoms with Crippen molar-refractivity contribution in [1.82, 2.24) is 0 Å². The van der Waals surface area contributed by atoms with E-state index in [-0.39, 0.29) is 6.10 Å². The summed E-state index contributed by atoms with van der Waals surface area (Å²) in [5.74, 6) is 1.43. The second-order valence-electron chi connectivity index (χ2n) is 7.82. The molecule has 2 unspecified atom stereocenters. The first-order valence-corrected chi connectivity index (χ1v) is 10.5. The van der Waals surface area contributed by atoms with Crippen LogP contribution < -0.4 is 0 Å². The molecule has 0 spiro atoms. The van der Waals surface area contributed by atoms with Crippen molar-refractivity contribution in [2.75, 3.05) is 0 Å². The van der Waals surface area contributed by atoms with Crippen molar-refractivity contribution < 1.29 is 4.42 Å². The predicted molar refractivity (Wildman–Crippen MR) is 120 cm³/mol. The van der Waals surface area contributed by atoms with Crippen molar-refractivity contribution in [2.24, 2.45) is 5.92 Å². The van der Waals surface area contributed by atoms with Crippen LogP contribution in [0.3, 0.4) is 0 Å². The number of allylic oxidation sites excluding steroid dienone is 3. The fourth-order valence-corrected chi connectivity index (χ4v) is 4.48. The van der Waals surface area contributed by atoms with Gasteiger partial charge in [-0.2, -0.15) is 0 Å². The van der Waals surface area contributed by atoms with Crippen LogP contribution in [-0.2, 0) is 4.42 Å². The monoisotopic (exact) mass is 377 g/mol. The molecule has 5 rings (SSSR count). The van der Waals surface area contributed by atoms with Gasteiger partial charge in [0.1, 0.15) is 0 Å². The molecular formula is C28H25O+. The minimum atomic E-state index is -0.0518. The van der Waals surface area contributed by atoms with Gasteiger partial charge in [-0.1, -0.05) is 78.9 Å². The van der Waals surface area contributed by atoms with Gasteiger partial charge in [-0.05, 0) is 53.7 Å². The number of benzene rings is 3. The fourth-order valence-electron chi connectivity index (χ4n) is 4.48. The summed E-state index contributed by atoms with van der Waals surface area (Å²) >= 11 is 0. The van der Waals surface area contributed by atoms with Gasteiger partial charge in [0.2, 0.25) is 0 Å². The molecule has 0 saturated heterocycles. The first-order valence-electron chi connectivity index (χ1n) is 10.5. The van der Waals surface area contributed by atoms with E-state index in [1.54, 1.807) is 0 Å². The van der Waals surface area contributed by atoms with Gasteiger partial charge in [0.15, 0.2) is 0 Å². The Bertz CT molecular complexity index is 1060. The minimum Gasteiger partial charge on any atom is -0.246 e. The normalized spacial score (nSPS) is 21.3. The van der Waals surface area contributed by atoms with E-state index in [4.69, 9.17) is 4.42 Å². The van der Waals surface area contributed by atoms with Gasteiger partial charge in [0, 0.05) is 12.2 Å². The summed E-state index contributed by atoms with van der Waals surface area (Å²) in [5, 5.41) is 0. The van der Waals surface area contributed by atoms with Crippen molar-refractivity contribution in [3.8, 4) is 0 Å². The van der Waals surface area contributed by atoms with Gasteiger partial charge >= 0.3 is 11.9 Å². The predicted octanol–water partition coefficient (Wildman–Crippen LogP) is 6.81. The van der Waals surface area contributed by atoms with Crippen molar-refractivity contribution >= 4 is 16.9 Å². The average Bonchev–Trinajstić information content (AvgIpc) is 3.03. The highest BCUT2D eigenvalue weighted by atomic mass is 16.4. The van der Waals surface area contributed by atoms with E-state index in [2.05, 4.69) is 103 Å². The van der Waals surface area contributed by atoms with Gasteiger partial charge < -0.3 is 0 Å². The highest BCUT2D eigenvalue weighted by Crippen LogP contribution is 2.39. The van der Waals surface area contributed by atoms with Crippen molar-refractivity contribution in [1.29, 1.82) is 0 Å². The van der Waals surface area contributed by atoms with E-state index in [1.807, 2.05) is 0 Å². The number of hydrogen-bond acceptors (Lipinski definition) is 0. The average molecular weight is 378 g/mol. The summed E-state index contributed by atoms with van der Waals surface area (Å²) in [6, 6.07) is 32.1. The van der Waals surface area contributed by atoms with Gasteiger partial charge in [0.25, 0.3) is 0 Å². The summed E-state index contributed by atoms with van der Waals surface area (Å²) in [7, 11) is 0. The Kier molecular flexibility index (Phi) is 4.96. The van der Waals surface area contributed by atoms with Gasteiger partial charge in [0.05, 0.1) is 11.5 Å². The van der Waals surface area contributed by atoms with Crippen LogP contribution in [0.1, 0.15) is 42.1 Å². The molecule has 1 nitrogen and oxygen atoms in total. The molecule has 0 fully saturated rings. The number of ketones is 1. The van der Waals surface area contributed by atoms with Crippen LogP contribution in [0.25, 0.3) is 11.1 Å². The lowest BCUT2D eigenvalue weighted by Crippen LogP contribution is -2.22. The number of hydrogen-bond donors (Lipinski definition) is 0. The molecule has 2 atom stereocenters. The lowest BCUT2D eigenvalue weighted by Gasteiger charge is -2.19. The fraction of sp³-hybridized carbons (Fsp3) is 0.179. The quantitative estimate of drug-likeness (QED) is 0.444. The third-order valence-electron chi connectivity index (χ3n) is 5.95. The Labute approximate surface area is 172 Å². The number of fused-ring (bicyclic) bond motifs is 1. The summed E-state index contributed by atoms with van der Waals surface area (Å²) in [6.45, 7) is 0. The Morgan fingerprint density at radius 1 is 0.690 bits per heavy atom. The Hall–Kier alpha value is -3.19.